The fourth-order valence-corrected chi connectivity index (χ4v) is 2.00. The van der Waals surface area contributed by atoms with Crippen LogP contribution in [0.5, 0.6) is 0 Å². The van der Waals surface area contributed by atoms with Crippen LogP contribution in [0.4, 0.5) is 5.69 Å². The Hall–Kier alpha value is -1.80. The molecule has 3 heteroatoms. The molecule has 0 unspecified atom stereocenters. The normalized spacial score (nSPS) is 10.2. The predicted molar refractivity (Wildman–Crippen MR) is 75.3 cm³/mol. The molecule has 2 nitrogen and oxygen atoms in total. The maximum Gasteiger partial charge on any atom is 0.255 e. The highest BCUT2D eigenvalue weighted by Crippen LogP contribution is 2.16. The molecule has 0 bridgehead atoms. The minimum atomic E-state index is -0.149. The second-order valence-electron chi connectivity index (χ2n) is 4.34. The maximum absolute atomic E-state index is 12.0. The molecular formula is C15H14ClNO. The van der Waals surface area contributed by atoms with Crippen LogP contribution in [0, 0.1) is 13.8 Å². The Morgan fingerprint density at radius 2 is 1.67 bits per heavy atom. The van der Waals surface area contributed by atoms with E-state index in [0.717, 1.165) is 16.8 Å². The summed E-state index contributed by atoms with van der Waals surface area (Å²) in [6, 6.07) is 13.0. The monoisotopic (exact) mass is 259 g/mol. The Morgan fingerprint density at radius 3 is 2.28 bits per heavy atom. The van der Waals surface area contributed by atoms with E-state index in [1.165, 1.54) is 0 Å². The summed E-state index contributed by atoms with van der Waals surface area (Å²) in [5.41, 5.74) is 3.48. The van der Waals surface area contributed by atoms with E-state index in [4.69, 9.17) is 11.6 Å². The van der Waals surface area contributed by atoms with Crippen LogP contribution >= 0.6 is 11.6 Å². The zero-order chi connectivity index (χ0) is 13.1. The Bertz CT molecular complexity index is 555. The number of carbonyl (C=O) groups excluding carboxylic acids is 1. The molecule has 0 aromatic heterocycles. The molecule has 0 fully saturated rings. The quantitative estimate of drug-likeness (QED) is 0.860. The lowest BCUT2D eigenvalue weighted by Crippen LogP contribution is -2.12. The molecule has 0 aliphatic heterocycles. The van der Waals surface area contributed by atoms with Crippen molar-refractivity contribution in [2.24, 2.45) is 0 Å². The van der Waals surface area contributed by atoms with Crippen molar-refractivity contribution in [1.29, 1.82) is 0 Å². The molecule has 1 N–H and O–H groups in total. The lowest BCUT2D eigenvalue weighted by Gasteiger charge is -2.07. The van der Waals surface area contributed by atoms with Crippen molar-refractivity contribution in [3.63, 3.8) is 0 Å². The molecule has 92 valence electrons. The van der Waals surface area contributed by atoms with Gasteiger partial charge in [0, 0.05) is 16.3 Å². The summed E-state index contributed by atoms with van der Waals surface area (Å²) in [6.45, 7) is 3.92. The van der Waals surface area contributed by atoms with Gasteiger partial charge in [-0.25, -0.2) is 0 Å². The van der Waals surface area contributed by atoms with Gasteiger partial charge < -0.3 is 5.32 Å². The minimum Gasteiger partial charge on any atom is -0.322 e. The van der Waals surface area contributed by atoms with E-state index in [0.29, 0.717) is 10.6 Å². The molecule has 0 heterocycles. The second kappa shape index (κ2) is 5.23. The molecule has 2 aromatic carbocycles. The molecule has 0 saturated heterocycles. The Labute approximate surface area is 112 Å². The molecule has 0 radical (unpaired) electrons. The number of anilines is 1. The van der Waals surface area contributed by atoms with Gasteiger partial charge in [-0.3, -0.25) is 4.79 Å². The second-order valence-corrected chi connectivity index (χ2v) is 4.77. The number of halogens is 1. The van der Waals surface area contributed by atoms with E-state index in [2.05, 4.69) is 5.32 Å². The number of amides is 1. The van der Waals surface area contributed by atoms with Gasteiger partial charge in [0.2, 0.25) is 0 Å². The van der Waals surface area contributed by atoms with Crippen LogP contribution in [-0.2, 0) is 0 Å². The van der Waals surface area contributed by atoms with Gasteiger partial charge >= 0.3 is 0 Å². The highest BCUT2D eigenvalue weighted by Gasteiger charge is 2.07. The van der Waals surface area contributed by atoms with Crippen molar-refractivity contribution in [3.05, 3.63) is 64.2 Å². The van der Waals surface area contributed by atoms with E-state index in [1.807, 2.05) is 50.2 Å². The van der Waals surface area contributed by atoms with E-state index in [-0.39, 0.29) is 5.91 Å². The number of nitrogens with one attached hydrogen (secondary N) is 1. The SMILES string of the molecule is Cc1ccc(NC(=O)c2cc(C)cc(Cl)c2)cc1. The summed E-state index contributed by atoms with van der Waals surface area (Å²) < 4.78 is 0. The molecule has 0 aliphatic rings. The lowest BCUT2D eigenvalue weighted by molar-refractivity contribution is 0.102. The summed E-state index contributed by atoms with van der Waals surface area (Å²) in [5.74, 6) is -0.149. The van der Waals surface area contributed by atoms with Crippen molar-refractivity contribution in [3.8, 4) is 0 Å². The first-order valence-electron chi connectivity index (χ1n) is 5.70. The fraction of sp³-hybridized carbons (Fsp3) is 0.133. The smallest absolute Gasteiger partial charge is 0.255 e. The van der Waals surface area contributed by atoms with Crippen molar-refractivity contribution in [2.75, 3.05) is 5.32 Å². The van der Waals surface area contributed by atoms with E-state index < -0.39 is 0 Å². The van der Waals surface area contributed by atoms with Gasteiger partial charge in [-0.1, -0.05) is 29.3 Å². The summed E-state index contributed by atoms with van der Waals surface area (Å²) in [5, 5.41) is 3.42. The molecule has 0 saturated carbocycles. The average molecular weight is 260 g/mol. The first-order chi connectivity index (χ1) is 8.54. The molecule has 0 spiro atoms. The van der Waals surface area contributed by atoms with Crippen LogP contribution in [0.3, 0.4) is 0 Å². The topological polar surface area (TPSA) is 29.1 Å². The Morgan fingerprint density at radius 1 is 1.00 bits per heavy atom. The lowest BCUT2D eigenvalue weighted by atomic mass is 10.1. The van der Waals surface area contributed by atoms with Crippen LogP contribution in [0.2, 0.25) is 5.02 Å². The first kappa shape index (κ1) is 12.7. The largest absolute Gasteiger partial charge is 0.322 e. The van der Waals surface area contributed by atoms with E-state index >= 15 is 0 Å². The van der Waals surface area contributed by atoms with Gasteiger partial charge in [0.1, 0.15) is 0 Å². The van der Waals surface area contributed by atoms with E-state index in [1.54, 1.807) is 6.07 Å². The molecule has 0 aliphatic carbocycles. The maximum atomic E-state index is 12.0. The summed E-state index contributed by atoms with van der Waals surface area (Å²) >= 11 is 5.94. The zero-order valence-corrected chi connectivity index (χ0v) is 11.1. The first-order valence-corrected chi connectivity index (χ1v) is 6.07. The van der Waals surface area contributed by atoms with E-state index in [9.17, 15) is 4.79 Å². The van der Waals surface area contributed by atoms with Gasteiger partial charge in [-0.15, -0.1) is 0 Å². The third-order valence-corrected chi connectivity index (χ3v) is 2.83. The molecule has 0 atom stereocenters. The van der Waals surface area contributed by atoms with Crippen molar-refractivity contribution in [2.45, 2.75) is 13.8 Å². The molecular weight excluding hydrogens is 246 g/mol. The number of aryl methyl sites for hydroxylation is 2. The molecule has 2 aromatic rings. The molecule has 18 heavy (non-hydrogen) atoms. The summed E-state index contributed by atoms with van der Waals surface area (Å²) in [7, 11) is 0. The Kier molecular flexibility index (Phi) is 3.68. The third-order valence-electron chi connectivity index (χ3n) is 2.61. The minimum absolute atomic E-state index is 0.149. The van der Waals surface area contributed by atoms with Gasteiger partial charge in [0.25, 0.3) is 5.91 Å². The van der Waals surface area contributed by atoms with Gasteiger partial charge in [0.05, 0.1) is 0 Å². The van der Waals surface area contributed by atoms with Crippen molar-refractivity contribution in [1.82, 2.24) is 0 Å². The van der Waals surface area contributed by atoms with Gasteiger partial charge in [-0.2, -0.15) is 0 Å². The van der Waals surface area contributed by atoms with Crippen LogP contribution in [0.1, 0.15) is 21.5 Å². The number of hydrogen-bond acceptors (Lipinski definition) is 1. The average Bonchev–Trinajstić information content (AvgIpc) is 2.31. The molecule has 2 rings (SSSR count). The number of hydrogen-bond donors (Lipinski definition) is 1. The zero-order valence-electron chi connectivity index (χ0n) is 10.3. The fourth-order valence-electron chi connectivity index (χ4n) is 1.71. The van der Waals surface area contributed by atoms with Crippen LogP contribution in [-0.4, -0.2) is 5.91 Å². The van der Waals surface area contributed by atoms with Crippen LogP contribution in [0.25, 0.3) is 0 Å². The standard InChI is InChI=1S/C15H14ClNO/c1-10-3-5-14(6-4-10)17-15(18)12-7-11(2)8-13(16)9-12/h3-9H,1-2H3,(H,17,18). The number of carbonyl (C=O) groups is 1. The molecule has 1 amide bonds. The summed E-state index contributed by atoms with van der Waals surface area (Å²) in [6.07, 6.45) is 0. The highest BCUT2D eigenvalue weighted by atomic mass is 35.5. The van der Waals surface area contributed by atoms with Gasteiger partial charge in [0.15, 0.2) is 0 Å². The summed E-state index contributed by atoms with van der Waals surface area (Å²) in [4.78, 5) is 12.0. The van der Waals surface area contributed by atoms with Crippen LogP contribution < -0.4 is 5.32 Å². The number of rotatable bonds is 2. The Balaban J connectivity index is 2.19. The van der Waals surface area contributed by atoms with Gasteiger partial charge in [-0.05, 0) is 49.7 Å². The predicted octanol–water partition coefficient (Wildman–Crippen LogP) is 4.21. The van der Waals surface area contributed by atoms with Crippen molar-refractivity contribution < 1.29 is 4.79 Å². The van der Waals surface area contributed by atoms with Crippen LogP contribution in [0.15, 0.2) is 42.5 Å². The third kappa shape index (κ3) is 3.11. The highest BCUT2D eigenvalue weighted by molar-refractivity contribution is 6.31. The van der Waals surface area contributed by atoms with Crippen molar-refractivity contribution >= 4 is 23.2 Å². The number of benzene rings is 2.